The minimum atomic E-state index is -0.287. The summed E-state index contributed by atoms with van der Waals surface area (Å²) >= 11 is 5.85. The number of anilines is 2. The predicted octanol–water partition coefficient (Wildman–Crippen LogP) is 4.48. The second kappa shape index (κ2) is 6.54. The van der Waals surface area contributed by atoms with Crippen LogP contribution in [0.2, 0.25) is 5.02 Å². The fraction of sp³-hybridized carbons (Fsp3) is 0.0588. The molecule has 2 N–H and O–H groups in total. The molecule has 3 aromatic rings. The van der Waals surface area contributed by atoms with Crippen LogP contribution in [0.4, 0.5) is 16.2 Å². The molecule has 0 bridgehead atoms. The van der Waals surface area contributed by atoms with E-state index in [0.717, 1.165) is 16.9 Å². The number of nitrogens with zero attached hydrogens (tertiary/aromatic N) is 2. The molecule has 2 amide bonds. The molecule has 3 rings (SSSR count). The third-order valence-electron chi connectivity index (χ3n) is 3.22. The monoisotopic (exact) mass is 326 g/mol. The van der Waals surface area contributed by atoms with Crippen LogP contribution in [0.25, 0.3) is 5.69 Å². The third-order valence-corrected chi connectivity index (χ3v) is 3.41. The normalized spacial score (nSPS) is 10.3. The van der Waals surface area contributed by atoms with Gasteiger partial charge >= 0.3 is 6.03 Å². The average Bonchev–Trinajstić information content (AvgIpc) is 2.94. The standard InChI is InChI=1S/C17H15ClN4O/c1-12-3-2-4-15(9-12)21-17(23)20-14-5-7-16(8-6-14)22-11-13(18)10-19-22/h2-11H,1H3,(H2,20,21,23). The topological polar surface area (TPSA) is 59.0 Å². The quantitative estimate of drug-likeness (QED) is 0.745. The molecule has 23 heavy (non-hydrogen) atoms. The second-order valence-corrected chi connectivity index (χ2v) is 5.54. The Morgan fingerprint density at radius 2 is 1.83 bits per heavy atom. The molecule has 0 radical (unpaired) electrons. The number of aryl methyl sites for hydroxylation is 1. The molecular weight excluding hydrogens is 312 g/mol. The van der Waals surface area contributed by atoms with Gasteiger partial charge in [0, 0.05) is 17.6 Å². The van der Waals surface area contributed by atoms with E-state index in [1.807, 2.05) is 43.3 Å². The summed E-state index contributed by atoms with van der Waals surface area (Å²) in [4.78, 5) is 12.0. The van der Waals surface area contributed by atoms with E-state index in [4.69, 9.17) is 11.6 Å². The van der Waals surface area contributed by atoms with Crippen LogP contribution in [0, 0.1) is 6.92 Å². The van der Waals surface area contributed by atoms with Crippen molar-refractivity contribution < 1.29 is 4.79 Å². The van der Waals surface area contributed by atoms with Gasteiger partial charge < -0.3 is 10.6 Å². The number of benzene rings is 2. The van der Waals surface area contributed by atoms with E-state index >= 15 is 0 Å². The maximum atomic E-state index is 12.0. The molecule has 0 saturated carbocycles. The lowest BCUT2D eigenvalue weighted by Gasteiger charge is -2.09. The van der Waals surface area contributed by atoms with Gasteiger partial charge in [-0.15, -0.1) is 0 Å². The lowest BCUT2D eigenvalue weighted by molar-refractivity contribution is 0.262. The molecule has 1 aromatic heterocycles. The number of hydrogen-bond donors (Lipinski definition) is 2. The molecule has 1 heterocycles. The van der Waals surface area contributed by atoms with Crippen molar-refractivity contribution in [2.24, 2.45) is 0 Å². The van der Waals surface area contributed by atoms with Crippen molar-refractivity contribution in [1.29, 1.82) is 0 Å². The van der Waals surface area contributed by atoms with Crippen LogP contribution in [0.1, 0.15) is 5.56 Å². The number of urea groups is 1. The summed E-state index contributed by atoms with van der Waals surface area (Å²) in [6.45, 7) is 1.98. The van der Waals surface area contributed by atoms with Gasteiger partial charge in [0.05, 0.1) is 16.9 Å². The SMILES string of the molecule is Cc1cccc(NC(=O)Nc2ccc(-n3cc(Cl)cn3)cc2)c1. The van der Waals surface area contributed by atoms with E-state index in [2.05, 4.69) is 15.7 Å². The largest absolute Gasteiger partial charge is 0.323 e. The maximum absolute atomic E-state index is 12.0. The number of amides is 2. The zero-order chi connectivity index (χ0) is 16.2. The summed E-state index contributed by atoms with van der Waals surface area (Å²) in [7, 11) is 0. The number of rotatable bonds is 3. The molecule has 0 aliphatic carbocycles. The Balaban J connectivity index is 1.65. The van der Waals surface area contributed by atoms with Crippen molar-refractivity contribution in [2.75, 3.05) is 10.6 Å². The molecule has 5 nitrogen and oxygen atoms in total. The second-order valence-electron chi connectivity index (χ2n) is 5.10. The third kappa shape index (κ3) is 3.90. The molecule has 116 valence electrons. The Morgan fingerprint density at radius 1 is 1.09 bits per heavy atom. The molecule has 6 heteroatoms. The molecular formula is C17H15ClN4O. The lowest BCUT2D eigenvalue weighted by Crippen LogP contribution is -2.19. The highest BCUT2D eigenvalue weighted by Crippen LogP contribution is 2.16. The first-order valence-electron chi connectivity index (χ1n) is 7.05. The molecule has 0 spiro atoms. The fourth-order valence-corrected chi connectivity index (χ4v) is 2.29. The van der Waals surface area contributed by atoms with Crippen LogP contribution in [-0.4, -0.2) is 15.8 Å². The van der Waals surface area contributed by atoms with Gasteiger partial charge in [-0.2, -0.15) is 5.10 Å². The van der Waals surface area contributed by atoms with E-state index in [1.165, 1.54) is 0 Å². The van der Waals surface area contributed by atoms with Gasteiger partial charge in [-0.3, -0.25) is 0 Å². The first kappa shape index (κ1) is 15.1. The van der Waals surface area contributed by atoms with Gasteiger partial charge in [-0.05, 0) is 48.9 Å². The molecule has 2 aromatic carbocycles. The van der Waals surface area contributed by atoms with Crippen LogP contribution in [0.5, 0.6) is 0 Å². The number of aromatic nitrogens is 2. The summed E-state index contributed by atoms with van der Waals surface area (Å²) in [6, 6.07) is 14.7. The Bertz CT molecular complexity index is 827. The predicted molar refractivity (Wildman–Crippen MR) is 92.4 cm³/mol. The Kier molecular flexibility index (Phi) is 4.30. The van der Waals surface area contributed by atoms with Gasteiger partial charge in [0.2, 0.25) is 0 Å². The number of carbonyl (C=O) groups is 1. The highest BCUT2D eigenvalue weighted by molar-refractivity contribution is 6.30. The molecule has 0 aliphatic rings. The highest BCUT2D eigenvalue weighted by Gasteiger charge is 2.04. The first-order chi connectivity index (χ1) is 11.1. The Morgan fingerprint density at radius 3 is 2.48 bits per heavy atom. The van der Waals surface area contributed by atoms with Crippen LogP contribution in [0.15, 0.2) is 60.9 Å². The summed E-state index contributed by atoms with van der Waals surface area (Å²) in [5, 5.41) is 10.3. The van der Waals surface area contributed by atoms with Crippen molar-refractivity contribution >= 4 is 29.0 Å². The van der Waals surface area contributed by atoms with Gasteiger partial charge in [-0.1, -0.05) is 23.7 Å². The maximum Gasteiger partial charge on any atom is 0.323 e. The van der Waals surface area contributed by atoms with Crippen molar-refractivity contribution in [1.82, 2.24) is 9.78 Å². The number of carbonyl (C=O) groups excluding carboxylic acids is 1. The Hall–Kier alpha value is -2.79. The molecule has 0 aliphatic heterocycles. The smallest absolute Gasteiger partial charge is 0.308 e. The van der Waals surface area contributed by atoms with Crippen molar-refractivity contribution in [3.63, 3.8) is 0 Å². The molecule has 0 unspecified atom stereocenters. The molecule has 0 atom stereocenters. The summed E-state index contributed by atoms with van der Waals surface area (Å²) < 4.78 is 1.67. The van der Waals surface area contributed by atoms with Gasteiger partial charge in [-0.25, -0.2) is 9.48 Å². The van der Waals surface area contributed by atoms with Gasteiger partial charge in [0.1, 0.15) is 0 Å². The van der Waals surface area contributed by atoms with Gasteiger partial charge in [0.25, 0.3) is 0 Å². The van der Waals surface area contributed by atoms with Crippen LogP contribution in [0.3, 0.4) is 0 Å². The van der Waals surface area contributed by atoms with Crippen LogP contribution < -0.4 is 10.6 Å². The summed E-state index contributed by atoms with van der Waals surface area (Å²) in [5.74, 6) is 0. The van der Waals surface area contributed by atoms with Crippen LogP contribution >= 0.6 is 11.6 Å². The van der Waals surface area contributed by atoms with E-state index in [9.17, 15) is 4.79 Å². The number of hydrogen-bond acceptors (Lipinski definition) is 2. The van der Waals surface area contributed by atoms with E-state index in [0.29, 0.717) is 10.7 Å². The lowest BCUT2D eigenvalue weighted by atomic mass is 10.2. The van der Waals surface area contributed by atoms with Crippen molar-refractivity contribution in [2.45, 2.75) is 6.92 Å². The van der Waals surface area contributed by atoms with Crippen molar-refractivity contribution in [3.05, 3.63) is 71.5 Å². The van der Waals surface area contributed by atoms with Crippen molar-refractivity contribution in [3.8, 4) is 5.69 Å². The minimum absolute atomic E-state index is 0.287. The molecule has 0 fully saturated rings. The van der Waals surface area contributed by atoms with E-state index in [-0.39, 0.29) is 6.03 Å². The number of nitrogens with one attached hydrogen (secondary N) is 2. The Labute approximate surface area is 138 Å². The zero-order valence-electron chi connectivity index (χ0n) is 12.5. The highest BCUT2D eigenvalue weighted by atomic mass is 35.5. The zero-order valence-corrected chi connectivity index (χ0v) is 13.2. The summed E-state index contributed by atoms with van der Waals surface area (Å²) in [5.41, 5.74) is 3.40. The van der Waals surface area contributed by atoms with Crippen LogP contribution in [-0.2, 0) is 0 Å². The average molecular weight is 327 g/mol. The minimum Gasteiger partial charge on any atom is -0.308 e. The molecule has 0 saturated heterocycles. The first-order valence-corrected chi connectivity index (χ1v) is 7.43. The number of halogens is 1. The fourth-order valence-electron chi connectivity index (χ4n) is 2.16. The van der Waals surface area contributed by atoms with E-state index < -0.39 is 0 Å². The van der Waals surface area contributed by atoms with E-state index in [1.54, 1.807) is 29.2 Å². The van der Waals surface area contributed by atoms with Gasteiger partial charge in [0.15, 0.2) is 0 Å². The summed E-state index contributed by atoms with van der Waals surface area (Å²) in [6.07, 6.45) is 3.29.